The molecule has 5 nitrogen and oxygen atoms in total. The van der Waals surface area contributed by atoms with Gasteiger partial charge in [0.2, 0.25) is 0 Å². The van der Waals surface area contributed by atoms with Gasteiger partial charge in [-0.15, -0.1) is 0 Å². The fourth-order valence-corrected chi connectivity index (χ4v) is 5.65. The Balaban J connectivity index is 3.61. The highest BCUT2D eigenvalue weighted by Gasteiger charge is 2.16. The van der Waals surface area contributed by atoms with Crippen LogP contribution < -0.4 is 0 Å². The lowest BCUT2D eigenvalue weighted by molar-refractivity contribution is -0.161. The molecular formula is C49H80O5. The van der Waals surface area contributed by atoms with Gasteiger partial charge in [-0.3, -0.25) is 9.59 Å². The number of unbranched alkanes of at least 4 members (excludes halogenated alkanes) is 14. The number of aliphatic hydroxyl groups excluding tert-OH is 1. The normalized spacial score (nSPS) is 13.2. The number of esters is 2. The van der Waals surface area contributed by atoms with Crippen LogP contribution in [0.1, 0.15) is 181 Å². The third-order valence-electron chi connectivity index (χ3n) is 8.87. The van der Waals surface area contributed by atoms with Crippen LogP contribution in [0.2, 0.25) is 0 Å². The van der Waals surface area contributed by atoms with E-state index in [1.807, 2.05) is 0 Å². The van der Waals surface area contributed by atoms with Crippen molar-refractivity contribution >= 4 is 11.9 Å². The molecule has 54 heavy (non-hydrogen) atoms. The highest BCUT2D eigenvalue weighted by atomic mass is 16.6. The molecule has 0 rings (SSSR count). The van der Waals surface area contributed by atoms with Gasteiger partial charge in [0.05, 0.1) is 6.61 Å². The van der Waals surface area contributed by atoms with E-state index in [9.17, 15) is 14.7 Å². The van der Waals surface area contributed by atoms with E-state index in [4.69, 9.17) is 9.47 Å². The predicted octanol–water partition coefficient (Wildman–Crippen LogP) is 14.1. The van der Waals surface area contributed by atoms with Crippen LogP contribution in [0.3, 0.4) is 0 Å². The number of ether oxygens (including phenoxy) is 2. The van der Waals surface area contributed by atoms with Gasteiger partial charge in [-0.25, -0.2) is 0 Å². The molecule has 0 saturated carbocycles. The highest BCUT2D eigenvalue weighted by Crippen LogP contribution is 2.13. The summed E-state index contributed by atoms with van der Waals surface area (Å²) in [6.07, 6.45) is 61.8. The van der Waals surface area contributed by atoms with Gasteiger partial charge in [-0.2, -0.15) is 0 Å². The molecule has 0 aromatic heterocycles. The van der Waals surface area contributed by atoms with Crippen molar-refractivity contribution in [2.75, 3.05) is 13.2 Å². The van der Waals surface area contributed by atoms with E-state index in [-0.39, 0.29) is 25.2 Å². The topological polar surface area (TPSA) is 72.8 Å². The smallest absolute Gasteiger partial charge is 0.306 e. The lowest BCUT2D eigenvalue weighted by Crippen LogP contribution is -2.28. The number of rotatable bonds is 38. The van der Waals surface area contributed by atoms with Crippen molar-refractivity contribution in [1.29, 1.82) is 0 Å². The Hall–Kier alpha value is -3.18. The van der Waals surface area contributed by atoms with E-state index in [0.717, 1.165) is 103 Å². The molecule has 0 aliphatic rings. The van der Waals surface area contributed by atoms with Gasteiger partial charge in [0.25, 0.3) is 0 Å². The van der Waals surface area contributed by atoms with E-state index in [2.05, 4.69) is 111 Å². The first-order chi connectivity index (χ1) is 26.6. The van der Waals surface area contributed by atoms with Gasteiger partial charge < -0.3 is 14.6 Å². The molecule has 0 amide bonds. The second-order valence-corrected chi connectivity index (χ2v) is 14.0. The molecule has 306 valence electrons. The Kier molecular flexibility index (Phi) is 41.6. The van der Waals surface area contributed by atoms with Crippen LogP contribution in [0.5, 0.6) is 0 Å². The molecule has 0 radical (unpaired) electrons. The maximum atomic E-state index is 12.2. The molecule has 1 unspecified atom stereocenters. The Morgan fingerprint density at radius 1 is 0.426 bits per heavy atom. The molecule has 0 heterocycles. The number of carbonyl (C=O) groups is 2. The van der Waals surface area contributed by atoms with E-state index >= 15 is 0 Å². The fraction of sp³-hybridized carbons (Fsp3) is 0.633. The second kappa shape index (κ2) is 44.2. The number of aliphatic hydroxyl groups is 1. The summed E-state index contributed by atoms with van der Waals surface area (Å²) >= 11 is 0. The molecule has 5 heteroatoms. The number of allylic oxidation sites excluding steroid dienone is 16. The third-order valence-corrected chi connectivity index (χ3v) is 8.87. The Labute approximate surface area is 332 Å². The fourth-order valence-electron chi connectivity index (χ4n) is 5.65. The molecule has 0 fully saturated rings. The first-order valence-electron chi connectivity index (χ1n) is 21.8. The van der Waals surface area contributed by atoms with E-state index in [0.29, 0.717) is 12.8 Å². The number of carbonyl (C=O) groups excluding carboxylic acids is 2. The first-order valence-corrected chi connectivity index (χ1v) is 21.8. The summed E-state index contributed by atoms with van der Waals surface area (Å²) in [6, 6.07) is 0. The Bertz CT molecular complexity index is 1070. The van der Waals surface area contributed by atoms with Gasteiger partial charge in [-0.05, 0) is 89.9 Å². The summed E-state index contributed by atoms with van der Waals surface area (Å²) in [6.45, 7) is 3.88. The monoisotopic (exact) mass is 749 g/mol. The molecule has 0 saturated heterocycles. The van der Waals surface area contributed by atoms with Crippen molar-refractivity contribution in [3.8, 4) is 0 Å². The summed E-state index contributed by atoms with van der Waals surface area (Å²) in [4.78, 5) is 24.4. The van der Waals surface area contributed by atoms with Crippen LogP contribution in [0.15, 0.2) is 97.2 Å². The van der Waals surface area contributed by atoms with Crippen LogP contribution >= 0.6 is 0 Å². The molecule has 0 spiro atoms. The van der Waals surface area contributed by atoms with E-state index in [1.54, 1.807) is 0 Å². The first kappa shape index (κ1) is 50.8. The Morgan fingerprint density at radius 2 is 0.741 bits per heavy atom. The minimum absolute atomic E-state index is 0.0827. The SMILES string of the molecule is CC/C=C\C/C=C\C/C=C\C/C=C\CCCCCCCCCCC(=O)OC(CO)COC(=O)CCCCCCCC/C=C\C/C=C\C/C=C\C/C=C\CC. The van der Waals surface area contributed by atoms with Crippen molar-refractivity contribution in [2.24, 2.45) is 0 Å². The van der Waals surface area contributed by atoms with Crippen molar-refractivity contribution in [3.05, 3.63) is 97.2 Å². The van der Waals surface area contributed by atoms with Crippen LogP contribution in [0.4, 0.5) is 0 Å². The summed E-state index contributed by atoms with van der Waals surface area (Å²) in [5, 5.41) is 9.59. The standard InChI is InChI=1S/C49H80O5/c1-3-5-7-9-11-13-15-17-19-21-23-24-26-28-30-32-34-36-38-40-42-44-49(52)54-47(45-50)46-53-48(51)43-41-39-37-35-33-31-29-27-25-22-20-18-16-14-12-10-8-6-4-2/h5-8,11-14,17-20,23-25,27,47,50H,3-4,9-10,15-16,21-22,26,28-46H2,1-2H3/b7-5-,8-6-,13-11-,14-12-,19-17-,20-18-,24-23-,27-25-. The third kappa shape index (κ3) is 41.6. The molecule has 0 aliphatic heterocycles. The van der Waals surface area contributed by atoms with E-state index < -0.39 is 6.10 Å². The van der Waals surface area contributed by atoms with Gasteiger partial charge in [0.1, 0.15) is 6.61 Å². The van der Waals surface area contributed by atoms with Crippen LogP contribution in [-0.4, -0.2) is 36.4 Å². The zero-order valence-corrected chi connectivity index (χ0v) is 34.7. The second-order valence-electron chi connectivity index (χ2n) is 14.0. The summed E-state index contributed by atoms with van der Waals surface area (Å²) in [5.74, 6) is -0.624. The molecule has 0 bridgehead atoms. The quantitative estimate of drug-likeness (QED) is 0.0387. The lowest BCUT2D eigenvalue weighted by Gasteiger charge is -2.15. The van der Waals surface area contributed by atoms with Gasteiger partial charge >= 0.3 is 11.9 Å². The number of hydrogen-bond donors (Lipinski definition) is 1. The lowest BCUT2D eigenvalue weighted by atomic mass is 10.1. The molecule has 1 N–H and O–H groups in total. The van der Waals surface area contributed by atoms with Gasteiger partial charge in [-0.1, -0.05) is 175 Å². The summed E-state index contributed by atoms with van der Waals surface area (Å²) < 4.78 is 10.6. The molecule has 1 atom stereocenters. The zero-order chi connectivity index (χ0) is 39.3. The summed E-state index contributed by atoms with van der Waals surface area (Å²) in [5.41, 5.74) is 0. The number of hydrogen-bond acceptors (Lipinski definition) is 5. The Morgan fingerprint density at radius 3 is 1.11 bits per heavy atom. The van der Waals surface area contributed by atoms with Crippen LogP contribution in [0, 0.1) is 0 Å². The average molecular weight is 749 g/mol. The molecule has 0 aromatic rings. The largest absolute Gasteiger partial charge is 0.462 e. The van der Waals surface area contributed by atoms with Gasteiger partial charge in [0, 0.05) is 12.8 Å². The van der Waals surface area contributed by atoms with Crippen LogP contribution in [0.25, 0.3) is 0 Å². The van der Waals surface area contributed by atoms with Crippen molar-refractivity contribution < 1.29 is 24.2 Å². The van der Waals surface area contributed by atoms with E-state index in [1.165, 1.54) is 51.4 Å². The molecule has 0 aromatic carbocycles. The average Bonchev–Trinajstić information content (AvgIpc) is 3.17. The predicted molar refractivity (Wildman–Crippen MR) is 232 cm³/mol. The highest BCUT2D eigenvalue weighted by molar-refractivity contribution is 5.70. The van der Waals surface area contributed by atoms with Gasteiger partial charge in [0.15, 0.2) is 6.10 Å². The maximum Gasteiger partial charge on any atom is 0.306 e. The van der Waals surface area contributed by atoms with Crippen molar-refractivity contribution in [2.45, 2.75) is 187 Å². The van der Waals surface area contributed by atoms with Crippen molar-refractivity contribution in [3.63, 3.8) is 0 Å². The maximum absolute atomic E-state index is 12.2. The minimum Gasteiger partial charge on any atom is -0.462 e. The van der Waals surface area contributed by atoms with Crippen LogP contribution in [-0.2, 0) is 19.1 Å². The van der Waals surface area contributed by atoms with Crippen molar-refractivity contribution in [1.82, 2.24) is 0 Å². The zero-order valence-electron chi connectivity index (χ0n) is 34.7. The minimum atomic E-state index is -0.789. The molecule has 0 aliphatic carbocycles. The summed E-state index contributed by atoms with van der Waals surface area (Å²) in [7, 11) is 0. The molecular weight excluding hydrogens is 669 g/mol.